The minimum absolute atomic E-state index is 0.534. The highest BCUT2D eigenvalue weighted by molar-refractivity contribution is 6.44. The second kappa shape index (κ2) is 3.49. The molecule has 1 heterocycles. The number of hydrogen-bond acceptors (Lipinski definition) is 4. The SMILES string of the molecule is CC1=NN(c2ccccc2)C/C1=N/O. The van der Waals surface area contributed by atoms with Gasteiger partial charge in [-0.1, -0.05) is 23.4 Å². The van der Waals surface area contributed by atoms with Crippen LogP contribution in [0.1, 0.15) is 6.92 Å². The molecule has 0 spiro atoms. The van der Waals surface area contributed by atoms with Crippen LogP contribution in [0.25, 0.3) is 0 Å². The first-order chi connectivity index (χ1) is 6.81. The summed E-state index contributed by atoms with van der Waals surface area (Å²) in [5, 5.41) is 18.0. The molecule has 0 fully saturated rings. The summed E-state index contributed by atoms with van der Waals surface area (Å²) in [4.78, 5) is 0. The van der Waals surface area contributed by atoms with Gasteiger partial charge < -0.3 is 5.21 Å². The lowest BCUT2D eigenvalue weighted by atomic mass is 10.2. The molecule has 4 nitrogen and oxygen atoms in total. The van der Waals surface area contributed by atoms with E-state index in [1.54, 1.807) is 0 Å². The number of hydrogen-bond donors (Lipinski definition) is 1. The predicted octanol–water partition coefficient (Wildman–Crippen LogP) is 1.71. The second-order valence-corrected chi connectivity index (χ2v) is 3.13. The minimum atomic E-state index is 0.534. The molecule has 0 radical (unpaired) electrons. The van der Waals surface area contributed by atoms with E-state index in [-0.39, 0.29) is 0 Å². The van der Waals surface area contributed by atoms with Crippen LogP contribution in [0, 0.1) is 0 Å². The van der Waals surface area contributed by atoms with Gasteiger partial charge in [0, 0.05) is 0 Å². The van der Waals surface area contributed by atoms with Crippen LogP contribution in [0.15, 0.2) is 40.6 Å². The van der Waals surface area contributed by atoms with Gasteiger partial charge in [0.05, 0.1) is 17.9 Å². The molecule has 1 N–H and O–H groups in total. The number of benzene rings is 1. The molecule has 4 heteroatoms. The van der Waals surface area contributed by atoms with E-state index in [4.69, 9.17) is 5.21 Å². The molecule has 1 aromatic carbocycles. The third-order valence-corrected chi connectivity index (χ3v) is 2.16. The molecule has 0 bridgehead atoms. The number of hydrazone groups is 1. The van der Waals surface area contributed by atoms with Crippen LogP contribution in [0.3, 0.4) is 0 Å². The highest BCUT2D eigenvalue weighted by Crippen LogP contribution is 2.17. The topological polar surface area (TPSA) is 48.2 Å². The van der Waals surface area contributed by atoms with Gasteiger partial charge in [0.25, 0.3) is 0 Å². The van der Waals surface area contributed by atoms with E-state index < -0.39 is 0 Å². The van der Waals surface area contributed by atoms with Crippen LogP contribution >= 0.6 is 0 Å². The fourth-order valence-electron chi connectivity index (χ4n) is 1.38. The van der Waals surface area contributed by atoms with E-state index in [0.29, 0.717) is 12.3 Å². The molecular formula is C10H11N3O. The summed E-state index contributed by atoms with van der Waals surface area (Å²) in [5.41, 5.74) is 2.38. The van der Waals surface area contributed by atoms with Crippen molar-refractivity contribution in [1.29, 1.82) is 0 Å². The van der Waals surface area contributed by atoms with E-state index in [2.05, 4.69) is 10.3 Å². The van der Waals surface area contributed by atoms with Gasteiger partial charge in [-0.15, -0.1) is 0 Å². The van der Waals surface area contributed by atoms with Gasteiger partial charge in [0.15, 0.2) is 0 Å². The number of anilines is 1. The van der Waals surface area contributed by atoms with Gasteiger partial charge in [0.1, 0.15) is 5.71 Å². The van der Waals surface area contributed by atoms with Crippen molar-refractivity contribution in [3.63, 3.8) is 0 Å². The van der Waals surface area contributed by atoms with Crippen LogP contribution in [0.2, 0.25) is 0 Å². The van der Waals surface area contributed by atoms with Crippen molar-refractivity contribution in [3.05, 3.63) is 30.3 Å². The Morgan fingerprint density at radius 3 is 2.64 bits per heavy atom. The molecule has 0 aromatic heterocycles. The molecular weight excluding hydrogens is 178 g/mol. The maximum atomic E-state index is 8.68. The monoisotopic (exact) mass is 189 g/mol. The Hall–Kier alpha value is -1.84. The van der Waals surface area contributed by atoms with Crippen molar-refractivity contribution >= 4 is 17.1 Å². The molecule has 1 aromatic rings. The lowest BCUT2D eigenvalue weighted by Crippen LogP contribution is -2.18. The van der Waals surface area contributed by atoms with E-state index in [9.17, 15) is 0 Å². The summed E-state index contributed by atoms with van der Waals surface area (Å²) in [5.74, 6) is 0. The van der Waals surface area contributed by atoms with Crippen LogP contribution in [0.4, 0.5) is 5.69 Å². The first-order valence-corrected chi connectivity index (χ1v) is 4.40. The first kappa shape index (κ1) is 8.74. The largest absolute Gasteiger partial charge is 0.411 e. The lowest BCUT2D eigenvalue weighted by molar-refractivity contribution is 0.319. The fourth-order valence-corrected chi connectivity index (χ4v) is 1.38. The second-order valence-electron chi connectivity index (χ2n) is 3.13. The molecule has 72 valence electrons. The Kier molecular flexibility index (Phi) is 2.18. The molecule has 0 atom stereocenters. The molecule has 0 saturated carbocycles. The highest BCUT2D eigenvalue weighted by atomic mass is 16.4. The van der Waals surface area contributed by atoms with E-state index in [0.717, 1.165) is 11.4 Å². The molecule has 14 heavy (non-hydrogen) atoms. The van der Waals surface area contributed by atoms with E-state index in [1.807, 2.05) is 42.3 Å². The highest BCUT2D eigenvalue weighted by Gasteiger charge is 2.19. The van der Waals surface area contributed by atoms with Gasteiger partial charge in [-0.3, -0.25) is 5.01 Å². The Labute approximate surface area is 82.2 Å². The fraction of sp³-hybridized carbons (Fsp3) is 0.200. The standard InChI is InChI=1S/C10H11N3O/c1-8-10(12-14)7-13(11-8)9-5-3-2-4-6-9/h2-6,14H,7H2,1H3/b12-10-. The average molecular weight is 189 g/mol. The van der Waals surface area contributed by atoms with Gasteiger partial charge >= 0.3 is 0 Å². The lowest BCUT2D eigenvalue weighted by Gasteiger charge is -2.12. The average Bonchev–Trinajstić information content (AvgIpc) is 2.61. The van der Waals surface area contributed by atoms with Gasteiger partial charge in [-0.25, -0.2) is 0 Å². The van der Waals surface area contributed by atoms with Crippen LogP contribution in [-0.4, -0.2) is 23.2 Å². The van der Waals surface area contributed by atoms with Gasteiger partial charge in [-0.05, 0) is 19.1 Å². The van der Waals surface area contributed by atoms with Crippen molar-refractivity contribution in [2.45, 2.75) is 6.92 Å². The summed E-state index contributed by atoms with van der Waals surface area (Å²) >= 11 is 0. The number of nitrogens with zero attached hydrogens (tertiary/aromatic N) is 3. The van der Waals surface area contributed by atoms with E-state index in [1.165, 1.54) is 0 Å². The van der Waals surface area contributed by atoms with Gasteiger partial charge in [0.2, 0.25) is 0 Å². The Morgan fingerprint density at radius 1 is 1.36 bits per heavy atom. The zero-order chi connectivity index (χ0) is 9.97. The minimum Gasteiger partial charge on any atom is -0.411 e. The molecule has 0 saturated heterocycles. The first-order valence-electron chi connectivity index (χ1n) is 4.40. The number of para-hydroxylation sites is 1. The molecule has 0 aliphatic carbocycles. The maximum absolute atomic E-state index is 8.68. The Balaban J connectivity index is 2.26. The molecule has 0 amide bonds. The Bertz CT molecular complexity index is 384. The molecule has 2 rings (SSSR count). The molecule has 0 unspecified atom stereocenters. The van der Waals surface area contributed by atoms with Crippen molar-refractivity contribution in [2.75, 3.05) is 11.6 Å². The molecule has 1 aliphatic heterocycles. The van der Waals surface area contributed by atoms with Crippen molar-refractivity contribution in [2.24, 2.45) is 10.3 Å². The number of rotatable bonds is 1. The number of oxime groups is 1. The van der Waals surface area contributed by atoms with Crippen LogP contribution < -0.4 is 5.01 Å². The smallest absolute Gasteiger partial charge is 0.124 e. The summed E-state index contributed by atoms with van der Waals surface area (Å²) in [7, 11) is 0. The summed E-state index contributed by atoms with van der Waals surface area (Å²) in [6.07, 6.45) is 0. The normalized spacial score (nSPS) is 18.8. The van der Waals surface area contributed by atoms with Crippen molar-refractivity contribution in [1.82, 2.24) is 0 Å². The van der Waals surface area contributed by atoms with Gasteiger partial charge in [-0.2, -0.15) is 5.10 Å². The van der Waals surface area contributed by atoms with E-state index >= 15 is 0 Å². The summed E-state index contributed by atoms with van der Waals surface area (Å²) in [6.45, 7) is 2.37. The Morgan fingerprint density at radius 2 is 2.07 bits per heavy atom. The van der Waals surface area contributed by atoms with Crippen molar-refractivity contribution in [3.8, 4) is 0 Å². The zero-order valence-corrected chi connectivity index (χ0v) is 7.88. The van der Waals surface area contributed by atoms with Crippen molar-refractivity contribution < 1.29 is 5.21 Å². The third-order valence-electron chi connectivity index (χ3n) is 2.16. The van der Waals surface area contributed by atoms with Crippen LogP contribution in [-0.2, 0) is 0 Å². The third kappa shape index (κ3) is 1.46. The van der Waals surface area contributed by atoms with Crippen LogP contribution in [0.5, 0.6) is 0 Å². The summed E-state index contributed by atoms with van der Waals surface area (Å²) in [6, 6.07) is 9.80. The zero-order valence-electron chi connectivity index (χ0n) is 7.88. The quantitative estimate of drug-likeness (QED) is 0.540. The molecule has 1 aliphatic rings. The maximum Gasteiger partial charge on any atom is 0.124 e. The predicted molar refractivity (Wildman–Crippen MR) is 56.1 cm³/mol. The summed E-state index contributed by atoms with van der Waals surface area (Å²) < 4.78 is 0.